The molecule has 0 aromatic heterocycles. The number of carbonyl (C=O) groups excluding carboxylic acids is 2. The lowest BCUT2D eigenvalue weighted by molar-refractivity contribution is -0.141. The second-order valence-corrected chi connectivity index (χ2v) is 12.9. The first-order chi connectivity index (χ1) is 19.8. The molecule has 0 fully saturated rings. The van der Waals surface area contributed by atoms with Gasteiger partial charge in [0.15, 0.2) is 0 Å². The smallest absolute Gasteiger partial charge is 0.264 e. The molecule has 42 heavy (non-hydrogen) atoms. The molecule has 0 aliphatic heterocycles. The van der Waals surface area contributed by atoms with E-state index in [-0.39, 0.29) is 23.0 Å². The summed E-state index contributed by atoms with van der Waals surface area (Å²) >= 11 is 0. The first kappa shape index (κ1) is 32.5. The van der Waals surface area contributed by atoms with E-state index in [1.807, 2.05) is 40.7 Å². The van der Waals surface area contributed by atoms with Gasteiger partial charge in [-0.25, -0.2) is 8.42 Å². The van der Waals surface area contributed by atoms with Gasteiger partial charge in [0.05, 0.1) is 24.8 Å². The summed E-state index contributed by atoms with van der Waals surface area (Å²) < 4.78 is 39.8. The Balaban J connectivity index is 2.10. The van der Waals surface area contributed by atoms with E-state index < -0.39 is 34.1 Å². The Labute approximate surface area is 249 Å². The molecule has 10 heteroatoms. The molecule has 1 atom stereocenters. The van der Waals surface area contributed by atoms with Crippen molar-refractivity contribution in [3.63, 3.8) is 0 Å². The normalized spacial score (nSPS) is 12.3. The highest BCUT2D eigenvalue weighted by Gasteiger charge is 2.34. The van der Waals surface area contributed by atoms with Crippen LogP contribution in [0.1, 0.15) is 45.2 Å². The molecule has 0 aliphatic rings. The van der Waals surface area contributed by atoms with Crippen LogP contribution in [0.5, 0.6) is 11.5 Å². The number of sulfonamides is 1. The highest BCUT2D eigenvalue weighted by atomic mass is 32.2. The molecule has 3 aromatic rings. The summed E-state index contributed by atoms with van der Waals surface area (Å²) in [4.78, 5) is 29.2. The van der Waals surface area contributed by atoms with Gasteiger partial charge in [0.2, 0.25) is 11.8 Å². The molecule has 0 bridgehead atoms. The van der Waals surface area contributed by atoms with E-state index in [0.29, 0.717) is 17.9 Å². The Hall–Kier alpha value is -4.05. The number of nitrogens with one attached hydrogen (secondary N) is 1. The minimum Gasteiger partial charge on any atom is -0.497 e. The average molecular weight is 596 g/mol. The first-order valence-electron chi connectivity index (χ1n) is 13.8. The Morgan fingerprint density at radius 1 is 0.905 bits per heavy atom. The van der Waals surface area contributed by atoms with Gasteiger partial charge < -0.3 is 19.7 Å². The topological polar surface area (TPSA) is 105 Å². The number of carbonyl (C=O) groups is 2. The van der Waals surface area contributed by atoms with Gasteiger partial charge in [-0.05, 0) is 76.1 Å². The molecule has 0 spiro atoms. The van der Waals surface area contributed by atoms with Crippen molar-refractivity contribution in [2.45, 2.75) is 64.1 Å². The Bertz CT molecular complexity index is 1480. The number of nitrogens with zero attached hydrogens (tertiary/aromatic N) is 2. The van der Waals surface area contributed by atoms with Crippen LogP contribution in [0.2, 0.25) is 0 Å². The highest BCUT2D eigenvalue weighted by molar-refractivity contribution is 7.92. The van der Waals surface area contributed by atoms with Crippen LogP contribution in [0.15, 0.2) is 77.7 Å². The van der Waals surface area contributed by atoms with Crippen LogP contribution in [0.4, 0.5) is 5.69 Å². The fourth-order valence-corrected chi connectivity index (χ4v) is 5.88. The highest BCUT2D eigenvalue weighted by Crippen LogP contribution is 2.28. The number of aryl methyl sites for hydroxylation is 1. The predicted molar refractivity (Wildman–Crippen MR) is 164 cm³/mol. The van der Waals surface area contributed by atoms with Crippen molar-refractivity contribution in [1.82, 2.24) is 10.2 Å². The van der Waals surface area contributed by atoms with Crippen molar-refractivity contribution >= 4 is 27.5 Å². The summed E-state index contributed by atoms with van der Waals surface area (Å²) in [6.45, 7) is 8.82. The fourth-order valence-electron chi connectivity index (χ4n) is 4.47. The van der Waals surface area contributed by atoms with E-state index in [2.05, 4.69) is 5.32 Å². The molecule has 3 aromatic carbocycles. The van der Waals surface area contributed by atoms with Gasteiger partial charge in [-0.2, -0.15) is 0 Å². The van der Waals surface area contributed by atoms with Crippen LogP contribution < -0.4 is 19.1 Å². The van der Waals surface area contributed by atoms with Crippen molar-refractivity contribution < 1.29 is 27.5 Å². The van der Waals surface area contributed by atoms with Gasteiger partial charge in [0.25, 0.3) is 10.0 Å². The molecule has 0 saturated heterocycles. The number of hydrogen-bond acceptors (Lipinski definition) is 6. The van der Waals surface area contributed by atoms with Gasteiger partial charge in [0, 0.05) is 18.2 Å². The summed E-state index contributed by atoms with van der Waals surface area (Å²) in [5.41, 5.74) is 1.37. The third-order valence-corrected chi connectivity index (χ3v) is 8.39. The summed E-state index contributed by atoms with van der Waals surface area (Å²) in [7, 11) is -1.14. The van der Waals surface area contributed by atoms with E-state index in [4.69, 9.17) is 9.47 Å². The third-order valence-electron chi connectivity index (χ3n) is 6.60. The number of amides is 2. The van der Waals surface area contributed by atoms with E-state index >= 15 is 0 Å². The summed E-state index contributed by atoms with van der Waals surface area (Å²) in [5, 5.41) is 2.97. The Morgan fingerprint density at radius 2 is 1.50 bits per heavy atom. The maximum atomic E-state index is 14.2. The average Bonchev–Trinajstić information content (AvgIpc) is 2.95. The minimum absolute atomic E-state index is 0.0422. The maximum Gasteiger partial charge on any atom is 0.264 e. The van der Waals surface area contributed by atoms with E-state index in [1.54, 1.807) is 61.7 Å². The van der Waals surface area contributed by atoms with Gasteiger partial charge in [0.1, 0.15) is 24.1 Å². The number of ether oxygens (including phenoxy) is 2. The lowest BCUT2D eigenvalue weighted by Crippen LogP contribution is -2.55. The zero-order valence-electron chi connectivity index (χ0n) is 25.4. The molecule has 3 rings (SSSR count). The van der Waals surface area contributed by atoms with Crippen LogP contribution >= 0.6 is 0 Å². The molecule has 2 amide bonds. The fraction of sp³-hybridized carbons (Fsp3) is 0.375. The van der Waals surface area contributed by atoms with E-state index in [9.17, 15) is 18.0 Å². The summed E-state index contributed by atoms with van der Waals surface area (Å²) in [5.74, 6) is 0.183. The molecule has 1 N–H and O–H groups in total. The number of rotatable bonds is 12. The second-order valence-electron chi connectivity index (χ2n) is 11.1. The van der Waals surface area contributed by atoms with E-state index in [0.717, 1.165) is 15.4 Å². The molecule has 9 nitrogen and oxygen atoms in total. The molecule has 226 valence electrons. The molecule has 0 saturated carbocycles. The van der Waals surface area contributed by atoms with Gasteiger partial charge >= 0.3 is 0 Å². The minimum atomic E-state index is -4.18. The zero-order chi connectivity index (χ0) is 31.1. The van der Waals surface area contributed by atoms with E-state index in [1.165, 1.54) is 24.1 Å². The number of methoxy groups -OCH3 is 2. The SMILES string of the molecule is CCC(C(=O)NC(C)(C)C)N(Cc1cccc(OC)c1)C(=O)CN(c1cccc(OC)c1)S(=O)(=O)c1ccc(C)cc1. The summed E-state index contributed by atoms with van der Waals surface area (Å²) in [6, 6.07) is 19.3. The monoisotopic (exact) mass is 595 g/mol. The molecular formula is C32H41N3O6S. The summed E-state index contributed by atoms with van der Waals surface area (Å²) in [6.07, 6.45) is 0.321. The van der Waals surface area contributed by atoms with Crippen LogP contribution in [-0.2, 0) is 26.2 Å². The first-order valence-corrected chi connectivity index (χ1v) is 15.2. The van der Waals surface area contributed by atoms with Crippen molar-refractivity contribution in [2.75, 3.05) is 25.1 Å². The Morgan fingerprint density at radius 3 is 2.07 bits per heavy atom. The van der Waals surface area contributed by atoms with Crippen molar-refractivity contribution in [2.24, 2.45) is 0 Å². The van der Waals surface area contributed by atoms with Gasteiger partial charge in [-0.15, -0.1) is 0 Å². The number of hydrogen-bond donors (Lipinski definition) is 1. The van der Waals surface area contributed by atoms with Crippen LogP contribution in [0.25, 0.3) is 0 Å². The molecular weight excluding hydrogens is 554 g/mol. The van der Waals surface area contributed by atoms with Crippen LogP contribution in [0, 0.1) is 6.92 Å². The molecule has 0 aliphatic carbocycles. The van der Waals surface area contributed by atoms with Crippen molar-refractivity contribution in [1.29, 1.82) is 0 Å². The molecule has 0 radical (unpaired) electrons. The largest absolute Gasteiger partial charge is 0.497 e. The zero-order valence-corrected chi connectivity index (χ0v) is 26.2. The Kier molecular flexibility index (Phi) is 10.6. The third kappa shape index (κ3) is 8.25. The van der Waals surface area contributed by atoms with Crippen molar-refractivity contribution in [3.8, 4) is 11.5 Å². The second kappa shape index (κ2) is 13.7. The molecule has 1 unspecified atom stereocenters. The standard InChI is InChI=1S/C32H41N3O6S/c1-8-29(31(37)33-32(3,4)5)34(21-24-11-9-13-26(19-24)40-6)30(36)22-35(25-12-10-14-27(20-25)41-7)42(38,39)28-17-15-23(2)16-18-28/h9-20,29H,8,21-22H2,1-7H3,(H,33,37). The predicted octanol–water partition coefficient (Wildman–Crippen LogP) is 4.93. The maximum absolute atomic E-state index is 14.2. The number of anilines is 1. The van der Waals surface area contributed by atoms with Crippen LogP contribution in [0.3, 0.4) is 0 Å². The lowest BCUT2D eigenvalue weighted by Gasteiger charge is -2.35. The van der Waals surface area contributed by atoms with Gasteiger partial charge in [-0.3, -0.25) is 13.9 Å². The molecule has 0 heterocycles. The van der Waals surface area contributed by atoms with Crippen LogP contribution in [-0.4, -0.2) is 57.5 Å². The quantitative estimate of drug-likeness (QED) is 0.318. The lowest BCUT2D eigenvalue weighted by atomic mass is 10.1. The van der Waals surface area contributed by atoms with Gasteiger partial charge in [-0.1, -0.05) is 42.8 Å². The number of benzene rings is 3. The van der Waals surface area contributed by atoms with Crippen molar-refractivity contribution in [3.05, 3.63) is 83.9 Å².